The zero-order valence-corrected chi connectivity index (χ0v) is 18.2. The molecule has 2 heterocycles. The highest BCUT2D eigenvalue weighted by atomic mass is 16.3. The molecule has 156 valence electrons. The van der Waals surface area contributed by atoms with Crippen LogP contribution in [0.4, 0.5) is 5.69 Å². The van der Waals surface area contributed by atoms with Crippen molar-refractivity contribution in [2.45, 2.75) is 53.4 Å². The molecule has 1 N–H and O–H groups in total. The summed E-state index contributed by atoms with van der Waals surface area (Å²) in [4.78, 5) is 31.4. The van der Waals surface area contributed by atoms with E-state index in [9.17, 15) is 9.59 Å². The number of carbonyl (C=O) groups is 2. The quantitative estimate of drug-likeness (QED) is 0.749. The van der Waals surface area contributed by atoms with Gasteiger partial charge in [0.15, 0.2) is 0 Å². The van der Waals surface area contributed by atoms with Crippen molar-refractivity contribution in [1.82, 2.24) is 0 Å². The SMILES string of the molecule is CC1=C(C(=O)Nc2ccc(C)cc2)C(c2ccc(C)o2)C2C(=O)CC(C)(C)CC2=N1. The molecule has 0 spiro atoms. The zero-order chi connectivity index (χ0) is 21.6. The highest BCUT2D eigenvalue weighted by Gasteiger charge is 2.48. The molecule has 2 atom stereocenters. The normalized spacial score (nSPS) is 23.1. The molecule has 4 rings (SSSR count). The molecule has 1 aromatic heterocycles. The minimum atomic E-state index is -0.458. The number of amides is 1. The van der Waals surface area contributed by atoms with Crippen LogP contribution in [0.3, 0.4) is 0 Å². The van der Waals surface area contributed by atoms with Gasteiger partial charge in [-0.05, 0) is 56.9 Å². The summed E-state index contributed by atoms with van der Waals surface area (Å²) in [6.45, 7) is 9.90. The monoisotopic (exact) mass is 404 g/mol. The Kier molecular flexibility index (Phi) is 5.00. The summed E-state index contributed by atoms with van der Waals surface area (Å²) in [7, 11) is 0. The fraction of sp³-hybridized carbons (Fsp3) is 0.400. The van der Waals surface area contributed by atoms with Crippen LogP contribution in [-0.4, -0.2) is 17.4 Å². The number of rotatable bonds is 3. The number of aryl methyl sites for hydroxylation is 2. The fourth-order valence-corrected chi connectivity index (χ4v) is 4.65. The van der Waals surface area contributed by atoms with Gasteiger partial charge >= 0.3 is 0 Å². The maximum atomic E-state index is 13.4. The van der Waals surface area contributed by atoms with E-state index in [0.29, 0.717) is 29.1 Å². The van der Waals surface area contributed by atoms with Crippen LogP contribution in [0.1, 0.15) is 56.6 Å². The average Bonchev–Trinajstić information content (AvgIpc) is 3.07. The molecule has 5 heteroatoms. The molecular formula is C25H28N2O3. The number of ketones is 1. The highest BCUT2D eigenvalue weighted by molar-refractivity contribution is 6.14. The van der Waals surface area contributed by atoms with Gasteiger partial charge < -0.3 is 9.73 Å². The molecule has 0 bridgehead atoms. The van der Waals surface area contributed by atoms with Crippen LogP contribution < -0.4 is 5.32 Å². The molecule has 1 aliphatic carbocycles. The molecule has 1 amide bonds. The molecule has 2 unspecified atom stereocenters. The van der Waals surface area contributed by atoms with Crippen LogP contribution in [0, 0.1) is 25.2 Å². The van der Waals surface area contributed by atoms with Crippen LogP contribution in [-0.2, 0) is 9.59 Å². The molecular weight excluding hydrogens is 376 g/mol. The Labute approximate surface area is 177 Å². The Hall–Kier alpha value is -2.95. The van der Waals surface area contributed by atoms with Crippen LogP contribution in [0.2, 0.25) is 0 Å². The van der Waals surface area contributed by atoms with Gasteiger partial charge in [-0.2, -0.15) is 0 Å². The summed E-state index contributed by atoms with van der Waals surface area (Å²) < 4.78 is 5.95. The molecule has 2 aliphatic rings. The van der Waals surface area contributed by atoms with E-state index in [-0.39, 0.29) is 17.1 Å². The first-order valence-corrected chi connectivity index (χ1v) is 10.4. The molecule has 1 fully saturated rings. The second-order valence-corrected chi connectivity index (χ2v) is 9.31. The van der Waals surface area contributed by atoms with Crippen molar-refractivity contribution < 1.29 is 14.0 Å². The number of furan rings is 1. The van der Waals surface area contributed by atoms with Gasteiger partial charge in [0.05, 0.1) is 17.4 Å². The predicted molar refractivity (Wildman–Crippen MR) is 118 cm³/mol. The van der Waals surface area contributed by atoms with Crippen molar-refractivity contribution in [2.75, 3.05) is 5.32 Å². The van der Waals surface area contributed by atoms with Gasteiger partial charge in [0.25, 0.3) is 5.91 Å². The number of hydrogen-bond donors (Lipinski definition) is 1. The lowest BCUT2D eigenvalue weighted by molar-refractivity contribution is -0.124. The van der Waals surface area contributed by atoms with E-state index in [1.165, 1.54) is 0 Å². The molecule has 5 nitrogen and oxygen atoms in total. The van der Waals surface area contributed by atoms with Gasteiger partial charge in [-0.25, -0.2) is 0 Å². The smallest absolute Gasteiger partial charge is 0.254 e. The number of anilines is 1. The van der Waals surface area contributed by atoms with Gasteiger partial charge in [0, 0.05) is 23.5 Å². The van der Waals surface area contributed by atoms with Crippen molar-refractivity contribution in [2.24, 2.45) is 16.3 Å². The van der Waals surface area contributed by atoms with Crippen molar-refractivity contribution in [3.8, 4) is 0 Å². The van der Waals surface area contributed by atoms with E-state index in [0.717, 1.165) is 23.5 Å². The van der Waals surface area contributed by atoms with Gasteiger partial charge in [0.1, 0.15) is 17.3 Å². The number of Topliss-reactive ketones (excluding diaryl/α,β-unsaturated/α-hetero) is 1. The van der Waals surface area contributed by atoms with E-state index >= 15 is 0 Å². The first-order chi connectivity index (χ1) is 14.1. The lowest BCUT2D eigenvalue weighted by Gasteiger charge is -2.40. The number of nitrogens with one attached hydrogen (secondary N) is 1. The Morgan fingerprint density at radius 3 is 2.37 bits per heavy atom. The number of fused-ring (bicyclic) bond motifs is 1. The Balaban J connectivity index is 1.78. The summed E-state index contributed by atoms with van der Waals surface area (Å²) in [6, 6.07) is 11.4. The second-order valence-electron chi connectivity index (χ2n) is 9.31. The zero-order valence-electron chi connectivity index (χ0n) is 18.2. The van der Waals surface area contributed by atoms with Crippen LogP contribution in [0.5, 0.6) is 0 Å². The molecule has 1 saturated carbocycles. The summed E-state index contributed by atoms with van der Waals surface area (Å²) in [5, 5.41) is 2.98. The fourth-order valence-electron chi connectivity index (χ4n) is 4.65. The summed E-state index contributed by atoms with van der Waals surface area (Å²) in [6.07, 6.45) is 1.21. The third-order valence-corrected chi connectivity index (χ3v) is 5.99. The minimum absolute atomic E-state index is 0.122. The minimum Gasteiger partial charge on any atom is -0.466 e. The summed E-state index contributed by atoms with van der Waals surface area (Å²) in [5.41, 5.74) is 3.72. The molecule has 1 aromatic carbocycles. The standard InChI is InChI=1S/C25H28N2O3/c1-14-6-9-17(10-7-14)27-24(29)21-16(3)26-18-12-25(4,5)13-19(28)22(18)23(21)20-11-8-15(2)30-20/h6-11,22-23H,12-13H2,1-5H3,(H,27,29). The van der Waals surface area contributed by atoms with Crippen molar-refractivity contribution in [3.05, 3.63) is 64.8 Å². The third kappa shape index (κ3) is 3.76. The van der Waals surface area contributed by atoms with Gasteiger partial charge in [-0.3, -0.25) is 14.6 Å². The largest absolute Gasteiger partial charge is 0.466 e. The molecule has 30 heavy (non-hydrogen) atoms. The first kappa shape index (κ1) is 20.3. The number of nitrogens with zero attached hydrogens (tertiary/aromatic N) is 1. The van der Waals surface area contributed by atoms with Gasteiger partial charge in [0.2, 0.25) is 0 Å². The molecule has 1 aliphatic heterocycles. The van der Waals surface area contributed by atoms with Crippen LogP contribution in [0.15, 0.2) is 57.1 Å². The van der Waals surface area contributed by atoms with Crippen molar-refractivity contribution >= 4 is 23.1 Å². The third-order valence-electron chi connectivity index (χ3n) is 5.99. The Morgan fingerprint density at radius 2 is 1.73 bits per heavy atom. The van der Waals surface area contributed by atoms with Crippen molar-refractivity contribution in [3.63, 3.8) is 0 Å². The molecule has 0 radical (unpaired) electrons. The van der Waals surface area contributed by atoms with E-state index in [4.69, 9.17) is 9.41 Å². The lowest BCUT2D eigenvalue weighted by atomic mass is 9.64. The maximum Gasteiger partial charge on any atom is 0.254 e. The Morgan fingerprint density at radius 1 is 1.03 bits per heavy atom. The average molecular weight is 405 g/mol. The Bertz CT molecular complexity index is 1070. The summed E-state index contributed by atoms with van der Waals surface area (Å²) >= 11 is 0. The number of allylic oxidation sites excluding steroid dienone is 1. The van der Waals surface area contributed by atoms with Gasteiger partial charge in [-0.1, -0.05) is 31.5 Å². The van der Waals surface area contributed by atoms with E-state index in [2.05, 4.69) is 19.2 Å². The predicted octanol–water partition coefficient (Wildman–Crippen LogP) is 5.35. The van der Waals surface area contributed by atoms with Gasteiger partial charge in [-0.15, -0.1) is 0 Å². The number of carbonyl (C=O) groups excluding carboxylic acids is 2. The van der Waals surface area contributed by atoms with Crippen LogP contribution in [0.25, 0.3) is 0 Å². The van der Waals surface area contributed by atoms with Crippen molar-refractivity contribution in [1.29, 1.82) is 0 Å². The second kappa shape index (κ2) is 7.38. The van der Waals surface area contributed by atoms with E-state index in [1.54, 1.807) is 0 Å². The first-order valence-electron chi connectivity index (χ1n) is 10.4. The van der Waals surface area contributed by atoms with E-state index in [1.807, 2.05) is 57.2 Å². The van der Waals surface area contributed by atoms with E-state index < -0.39 is 11.8 Å². The summed E-state index contributed by atoms with van der Waals surface area (Å²) in [5.74, 6) is 0.374. The number of benzene rings is 1. The topological polar surface area (TPSA) is 71.7 Å². The maximum absolute atomic E-state index is 13.4. The number of hydrogen-bond acceptors (Lipinski definition) is 4. The number of aliphatic imine (C=N–C) groups is 1. The lowest BCUT2D eigenvalue weighted by Crippen LogP contribution is -2.44. The molecule has 0 saturated heterocycles. The molecule has 2 aromatic rings. The highest BCUT2D eigenvalue weighted by Crippen LogP contribution is 2.47. The van der Waals surface area contributed by atoms with Crippen LogP contribution >= 0.6 is 0 Å².